The van der Waals surface area contributed by atoms with Crippen LogP contribution in [0.15, 0.2) is 10.5 Å². The third-order valence-electron chi connectivity index (χ3n) is 1.22. The third kappa shape index (κ3) is 3.49. The van der Waals surface area contributed by atoms with Gasteiger partial charge in [0, 0.05) is 6.07 Å². The highest BCUT2D eigenvalue weighted by molar-refractivity contribution is 14.1. The molecule has 0 aliphatic carbocycles. The summed E-state index contributed by atoms with van der Waals surface area (Å²) in [6, 6.07) is 2.73. The molecular formula is C7HBrF3IN2O. The van der Waals surface area contributed by atoms with E-state index in [0.29, 0.717) is 0 Å². The van der Waals surface area contributed by atoms with E-state index in [2.05, 4.69) is 25.7 Å². The Morgan fingerprint density at radius 2 is 2.13 bits per heavy atom. The van der Waals surface area contributed by atoms with Gasteiger partial charge in [-0.1, -0.05) is 0 Å². The molecule has 0 saturated carbocycles. The highest BCUT2D eigenvalue weighted by Crippen LogP contribution is 2.32. The van der Waals surface area contributed by atoms with Crippen molar-refractivity contribution in [1.29, 1.82) is 5.26 Å². The van der Waals surface area contributed by atoms with Gasteiger partial charge in [0.15, 0.2) is 5.69 Å². The van der Waals surface area contributed by atoms with Crippen molar-refractivity contribution in [3.63, 3.8) is 0 Å². The number of aromatic nitrogens is 1. The first-order chi connectivity index (χ1) is 6.83. The van der Waals surface area contributed by atoms with Crippen LogP contribution < -0.4 is 4.74 Å². The minimum Gasteiger partial charge on any atom is -0.404 e. The average molecular weight is 393 g/mol. The van der Waals surface area contributed by atoms with E-state index in [1.807, 2.05) is 0 Å². The van der Waals surface area contributed by atoms with Crippen LogP contribution in [0, 0.1) is 15.0 Å². The molecule has 8 heteroatoms. The maximum atomic E-state index is 11.9. The zero-order valence-corrected chi connectivity index (χ0v) is 10.5. The first-order valence-electron chi connectivity index (χ1n) is 3.35. The molecule has 0 spiro atoms. The van der Waals surface area contributed by atoms with Crippen molar-refractivity contribution in [2.75, 3.05) is 0 Å². The summed E-state index contributed by atoms with van der Waals surface area (Å²) in [6.07, 6.45) is -4.79. The normalized spacial score (nSPS) is 10.9. The molecule has 0 fully saturated rings. The molecule has 0 radical (unpaired) electrons. The Morgan fingerprint density at radius 3 is 2.60 bits per heavy atom. The van der Waals surface area contributed by atoms with Crippen molar-refractivity contribution >= 4 is 38.5 Å². The summed E-state index contributed by atoms with van der Waals surface area (Å²) < 4.78 is 39.7. The Bertz CT molecular complexity index is 429. The Hall–Kier alpha value is -0.560. The lowest BCUT2D eigenvalue weighted by atomic mass is 10.3. The number of nitrogens with zero attached hydrogens (tertiary/aromatic N) is 2. The number of halogens is 5. The second kappa shape index (κ2) is 4.52. The lowest BCUT2D eigenvalue weighted by molar-refractivity contribution is -0.274. The Morgan fingerprint density at radius 1 is 1.53 bits per heavy atom. The number of ether oxygens (including phenoxy) is 1. The molecule has 3 nitrogen and oxygen atoms in total. The van der Waals surface area contributed by atoms with Crippen molar-refractivity contribution in [3.05, 3.63) is 19.9 Å². The van der Waals surface area contributed by atoms with Gasteiger partial charge in [0.1, 0.15) is 15.5 Å². The fourth-order valence-corrected chi connectivity index (χ4v) is 1.65. The Labute approximate surface area is 105 Å². The number of hydrogen-bond donors (Lipinski definition) is 0. The van der Waals surface area contributed by atoms with Crippen LogP contribution in [-0.4, -0.2) is 11.3 Å². The summed E-state index contributed by atoms with van der Waals surface area (Å²) in [5.41, 5.74) is -0.152. The molecule has 15 heavy (non-hydrogen) atoms. The highest BCUT2D eigenvalue weighted by Gasteiger charge is 2.32. The molecule has 0 N–H and O–H groups in total. The minimum atomic E-state index is -4.79. The predicted octanol–water partition coefficient (Wildman–Crippen LogP) is 3.22. The molecule has 0 aromatic carbocycles. The van der Waals surface area contributed by atoms with E-state index in [0.717, 1.165) is 6.07 Å². The maximum Gasteiger partial charge on any atom is 0.573 e. The number of nitriles is 1. The molecule has 0 unspecified atom stereocenters. The van der Waals surface area contributed by atoms with Crippen LogP contribution in [0.2, 0.25) is 0 Å². The van der Waals surface area contributed by atoms with E-state index < -0.39 is 12.1 Å². The lowest BCUT2D eigenvalue weighted by Crippen LogP contribution is -2.18. The van der Waals surface area contributed by atoms with Crippen LogP contribution in [0.3, 0.4) is 0 Å². The van der Waals surface area contributed by atoms with Gasteiger partial charge < -0.3 is 4.74 Å². The van der Waals surface area contributed by atoms with E-state index in [4.69, 9.17) is 5.26 Å². The smallest absolute Gasteiger partial charge is 0.404 e. The van der Waals surface area contributed by atoms with Crippen LogP contribution in [0.1, 0.15) is 5.69 Å². The molecule has 0 amide bonds. The van der Waals surface area contributed by atoms with E-state index in [1.54, 1.807) is 28.7 Å². The minimum absolute atomic E-state index is 0.109. The van der Waals surface area contributed by atoms with Gasteiger partial charge >= 0.3 is 6.36 Å². The first-order valence-corrected chi connectivity index (χ1v) is 5.22. The molecule has 1 aromatic heterocycles. The molecule has 0 saturated heterocycles. The molecule has 1 heterocycles. The van der Waals surface area contributed by atoms with Crippen molar-refractivity contribution in [2.24, 2.45) is 0 Å². The quantitative estimate of drug-likeness (QED) is 0.544. The molecule has 1 aromatic rings. The zero-order chi connectivity index (χ0) is 11.6. The molecular weight excluding hydrogens is 392 g/mol. The molecule has 80 valence electrons. The number of hydrogen-bond acceptors (Lipinski definition) is 3. The number of pyridine rings is 1. The van der Waals surface area contributed by atoms with E-state index in [1.165, 1.54) is 0 Å². The lowest BCUT2D eigenvalue weighted by Gasteiger charge is -2.10. The highest BCUT2D eigenvalue weighted by atomic mass is 127. The first kappa shape index (κ1) is 12.5. The van der Waals surface area contributed by atoms with Crippen LogP contribution >= 0.6 is 38.5 Å². The van der Waals surface area contributed by atoms with Crippen LogP contribution in [0.4, 0.5) is 13.2 Å². The van der Waals surface area contributed by atoms with E-state index in [9.17, 15) is 13.2 Å². The molecule has 0 bridgehead atoms. The summed E-state index contributed by atoms with van der Waals surface area (Å²) >= 11 is 4.51. The summed E-state index contributed by atoms with van der Waals surface area (Å²) in [5.74, 6) is -0.474. The zero-order valence-electron chi connectivity index (χ0n) is 6.77. The number of alkyl halides is 3. The average Bonchev–Trinajstić information content (AvgIpc) is 2.08. The molecule has 0 atom stereocenters. The topological polar surface area (TPSA) is 45.9 Å². The third-order valence-corrected chi connectivity index (χ3v) is 2.54. The predicted molar refractivity (Wildman–Crippen MR) is 56.1 cm³/mol. The van der Waals surface area contributed by atoms with Crippen LogP contribution in [-0.2, 0) is 0 Å². The van der Waals surface area contributed by atoms with Crippen molar-refractivity contribution in [2.45, 2.75) is 6.36 Å². The van der Waals surface area contributed by atoms with Gasteiger partial charge in [0.2, 0.25) is 0 Å². The molecule has 1 rings (SSSR count). The maximum absolute atomic E-state index is 11.9. The summed E-state index contributed by atoms with van der Waals surface area (Å²) in [7, 11) is 0. The Kier molecular flexibility index (Phi) is 3.77. The van der Waals surface area contributed by atoms with Gasteiger partial charge in [-0.15, -0.1) is 13.2 Å². The van der Waals surface area contributed by atoms with E-state index >= 15 is 0 Å². The van der Waals surface area contributed by atoms with Crippen molar-refractivity contribution < 1.29 is 17.9 Å². The fourth-order valence-electron chi connectivity index (χ4n) is 0.749. The fraction of sp³-hybridized carbons (Fsp3) is 0.143. The Balaban J connectivity index is 3.20. The van der Waals surface area contributed by atoms with Gasteiger partial charge in [-0.2, -0.15) is 5.26 Å². The van der Waals surface area contributed by atoms with Gasteiger partial charge in [0.25, 0.3) is 0 Å². The van der Waals surface area contributed by atoms with Gasteiger partial charge in [-0.25, -0.2) is 4.98 Å². The van der Waals surface area contributed by atoms with E-state index in [-0.39, 0.29) is 13.9 Å². The van der Waals surface area contributed by atoms with Crippen LogP contribution in [0.25, 0.3) is 0 Å². The van der Waals surface area contributed by atoms with Crippen molar-refractivity contribution in [3.8, 4) is 11.8 Å². The molecule has 0 aliphatic rings. The van der Waals surface area contributed by atoms with Gasteiger partial charge in [0.05, 0.1) is 4.47 Å². The summed E-state index contributed by atoms with van der Waals surface area (Å²) in [4.78, 5) is 3.71. The SMILES string of the molecule is N#Cc1nc(I)cc(OC(F)(F)F)c1Br. The monoisotopic (exact) mass is 392 g/mol. The summed E-state index contributed by atoms with van der Waals surface area (Å²) in [5, 5.41) is 8.58. The largest absolute Gasteiger partial charge is 0.573 e. The molecule has 0 aliphatic heterocycles. The second-order valence-electron chi connectivity index (χ2n) is 2.27. The van der Waals surface area contributed by atoms with Crippen molar-refractivity contribution in [1.82, 2.24) is 4.98 Å². The standard InChI is InChI=1S/C7HBrF3IN2O/c8-6-3(2-13)14-5(12)1-4(6)15-7(9,10)11/h1H. The van der Waals surface area contributed by atoms with Gasteiger partial charge in [-0.3, -0.25) is 0 Å². The van der Waals surface area contributed by atoms with Gasteiger partial charge in [-0.05, 0) is 38.5 Å². The number of rotatable bonds is 1. The van der Waals surface area contributed by atoms with Crippen LogP contribution in [0.5, 0.6) is 5.75 Å². The second-order valence-corrected chi connectivity index (χ2v) is 4.16. The summed E-state index contributed by atoms with van der Waals surface area (Å²) in [6.45, 7) is 0.